The number of nitrogens with one attached hydrogen (secondary N) is 1. The van der Waals surface area contributed by atoms with E-state index in [2.05, 4.69) is 4.72 Å². The second kappa shape index (κ2) is 7.43. The van der Waals surface area contributed by atoms with Crippen LogP contribution in [0.4, 0.5) is 0 Å². The van der Waals surface area contributed by atoms with Crippen LogP contribution in [-0.2, 0) is 26.4 Å². The van der Waals surface area contributed by atoms with Crippen molar-refractivity contribution in [3.63, 3.8) is 0 Å². The molecule has 0 spiro atoms. The fraction of sp³-hybridized carbons (Fsp3) is 0.278. The predicted octanol–water partition coefficient (Wildman–Crippen LogP) is 2.53. The molecule has 0 aliphatic carbocycles. The zero-order valence-electron chi connectivity index (χ0n) is 15.5. The van der Waals surface area contributed by atoms with Crippen LogP contribution in [0.15, 0.2) is 57.1 Å². The molecule has 0 saturated heterocycles. The molecule has 150 valence electrons. The first-order chi connectivity index (χ1) is 13.0. The Labute approximate surface area is 167 Å². The lowest BCUT2D eigenvalue weighted by molar-refractivity contribution is 0.566. The van der Waals surface area contributed by atoms with Crippen LogP contribution in [0, 0.1) is 0 Å². The summed E-state index contributed by atoms with van der Waals surface area (Å²) in [6, 6.07) is 10.1. The van der Waals surface area contributed by atoms with E-state index in [0.717, 1.165) is 17.6 Å². The molecule has 7 nitrogen and oxygen atoms in total. The van der Waals surface area contributed by atoms with Gasteiger partial charge in [-0.1, -0.05) is 23.5 Å². The van der Waals surface area contributed by atoms with Crippen LogP contribution in [-0.4, -0.2) is 27.7 Å². The van der Waals surface area contributed by atoms with Gasteiger partial charge in [0.1, 0.15) is 0 Å². The average Bonchev–Trinajstić information content (AvgIpc) is 2.94. The monoisotopic (exact) mass is 440 g/mol. The molecule has 28 heavy (non-hydrogen) atoms. The number of aromatic nitrogens is 1. The van der Waals surface area contributed by atoms with Crippen LogP contribution in [0.5, 0.6) is 0 Å². The zero-order valence-corrected chi connectivity index (χ0v) is 18.0. The SMILES string of the molecule is CCn1c(=O)sc2cc(S(=O)(=O)N[C@H](C)c3ccc(S(C)(=O)=O)cc3)ccc21. The maximum atomic E-state index is 12.8. The van der Waals surface area contributed by atoms with Crippen molar-refractivity contribution in [1.82, 2.24) is 9.29 Å². The number of aryl methyl sites for hydroxylation is 1. The Bertz CT molecular complexity index is 1290. The Hall–Kier alpha value is -2.01. The number of thiazole rings is 1. The van der Waals surface area contributed by atoms with Gasteiger partial charge in [-0.3, -0.25) is 9.36 Å². The number of sulfonamides is 1. The topological polar surface area (TPSA) is 102 Å². The lowest BCUT2D eigenvalue weighted by Crippen LogP contribution is -2.26. The summed E-state index contributed by atoms with van der Waals surface area (Å²) in [5.41, 5.74) is 1.35. The number of nitrogens with zero attached hydrogens (tertiary/aromatic N) is 1. The van der Waals surface area contributed by atoms with E-state index < -0.39 is 25.9 Å². The van der Waals surface area contributed by atoms with E-state index in [9.17, 15) is 21.6 Å². The summed E-state index contributed by atoms with van der Waals surface area (Å²) in [7, 11) is -7.13. The highest BCUT2D eigenvalue weighted by Crippen LogP contribution is 2.24. The predicted molar refractivity (Wildman–Crippen MR) is 110 cm³/mol. The molecule has 0 radical (unpaired) electrons. The van der Waals surface area contributed by atoms with E-state index in [1.54, 1.807) is 29.7 Å². The van der Waals surface area contributed by atoms with Crippen molar-refractivity contribution in [2.24, 2.45) is 0 Å². The van der Waals surface area contributed by atoms with E-state index in [4.69, 9.17) is 0 Å². The number of hydrogen-bond acceptors (Lipinski definition) is 6. The van der Waals surface area contributed by atoms with E-state index in [1.807, 2.05) is 6.92 Å². The number of benzene rings is 2. The van der Waals surface area contributed by atoms with Crippen LogP contribution < -0.4 is 9.60 Å². The first-order valence-electron chi connectivity index (χ1n) is 8.48. The smallest absolute Gasteiger partial charge is 0.299 e. The molecule has 1 atom stereocenters. The van der Waals surface area contributed by atoms with Gasteiger partial charge in [0.05, 0.1) is 20.0 Å². The maximum absolute atomic E-state index is 12.8. The van der Waals surface area contributed by atoms with Crippen LogP contribution in [0.2, 0.25) is 0 Å². The van der Waals surface area contributed by atoms with Gasteiger partial charge in [-0.15, -0.1) is 0 Å². The van der Waals surface area contributed by atoms with Crippen molar-refractivity contribution in [2.75, 3.05) is 6.26 Å². The normalized spacial score (nSPS) is 13.7. The third-order valence-electron chi connectivity index (χ3n) is 4.41. The lowest BCUT2D eigenvalue weighted by atomic mass is 10.1. The van der Waals surface area contributed by atoms with Crippen molar-refractivity contribution in [1.29, 1.82) is 0 Å². The molecule has 10 heteroatoms. The second-order valence-electron chi connectivity index (χ2n) is 6.43. The van der Waals surface area contributed by atoms with E-state index >= 15 is 0 Å². The number of rotatable bonds is 6. The van der Waals surface area contributed by atoms with Gasteiger partial charge >= 0.3 is 4.87 Å². The van der Waals surface area contributed by atoms with Crippen molar-refractivity contribution in [3.05, 3.63) is 57.7 Å². The molecule has 1 aromatic heterocycles. The minimum Gasteiger partial charge on any atom is -0.299 e. The molecule has 0 bridgehead atoms. The van der Waals surface area contributed by atoms with Gasteiger partial charge in [-0.25, -0.2) is 21.6 Å². The molecule has 3 rings (SSSR count). The summed E-state index contributed by atoms with van der Waals surface area (Å²) in [5.74, 6) is 0. The summed E-state index contributed by atoms with van der Waals surface area (Å²) in [4.78, 5) is 12.1. The molecule has 0 aliphatic heterocycles. The summed E-state index contributed by atoms with van der Waals surface area (Å²) in [6.07, 6.45) is 1.12. The third-order valence-corrected chi connectivity index (χ3v) is 8.02. The third kappa shape index (κ3) is 4.04. The van der Waals surface area contributed by atoms with Gasteiger partial charge in [0, 0.05) is 18.8 Å². The Morgan fingerprint density at radius 2 is 1.64 bits per heavy atom. The molecule has 0 unspecified atom stereocenters. The minimum atomic E-state index is -3.82. The first-order valence-corrected chi connectivity index (χ1v) is 12.7. The van der Waals surface area contributed by atoms with E-state index in [0.29, 0.717) is 22.3 Å². The van der Waals surface area contributed by atoms with Gasteiger partial charge in [0.2, 0.25) is 10.0 Å². The summed E-state index contributed by atoms with van der Waals surface area (Å²) < 4.78 is 53.4. The molecule has 3 aromatic rings. The molecule has 0 saturated carbocycles. The van der Waals surface area contributed by atoms with Gasteiger partial charge in [0.15, 0.2) is 9.84 Å². The zero-order chi connectivity index (χ0) is 20.7. The Morgan fingerprint density at radius 1 is 1.04 bits per heavy atom. The molecule has 0 amide bonds. The van der Waals surface area contributed by atoms with Crippen LogP contribution in [0.1, 0.15) is 25.5 Å². The Morgan fingerprint density at radius 3 is 2.21 bits per heavy atom. The lowest BCUT2D eigenvalue weighted by Gasteiger charge is -2.15. The van der Waals surface area contributed by atoms with Crippen LogP contribution in [0.3, 0.4) is 0 Å². The molecule has 1 N–H and O–H groups in total. The second-order valence-corrected chi connectivity index (χ2v) is 11.1. The first kappa shape index (κ1) is 20.7. The summed E-state index contributed by atoms with van der Waals surface area (Å²) in [6.45, 7) is 4.05. The fourth-order valence-corrected chi connectivity index (χ4v) is 5.84. The molecule has 1 heterocycles. The Kier molecular flexibility index (Phi) is 5.50. The summed E-state index contributed by atoms with van der Waals surface area (Å²) >= 11 is 1.01. The van der Waals surface area contributed by atoms with Crippen molar-refractivity contribution in [3.8, 4) is 0 Å². The highest BCUT2D eigenvalue weighted by Gasteiger charge is 2.20. The molecular formula is C18H20N2O5S3. The van der Waals surface area contributed by atoms with Crippen molar-refractivity contribution in [2.45, 2.75) is 36.2 Å². The summed E-state index contributed by atoms with van der Waals surface area (Å²) in [5, 5.41) is 0. The van der Waals surface area contributed by atoms with Gasteiger partial charge in [-0.2, -0.15) is 0 Å². The van der Waals surface area contributed by atoms with E-state index in [1.165, 1.54) is 24.3 Å². The van der Waals surface area contributed by atoms with Gasteiger partial charge in [0.25, 0.3) is 0 Å². The quantitative estimate of drug-likeness (QED) is 0.635. The molecule has 2 aromatic carbocycles. The number of sulfone groups is 1. The standard InChI is InChI=1S/C18H20N2O5S3/c1-4-20-16-10-9-15(11-17(16)26-18(20)21)28(24,25)19-12(2)13-5-7-14(8-6-13)27(3,22)23/h5-12,19H,4H2,1-3H3/t12-/m1/s1. The molecule has 0 aliphatic rings. The van der Waals surface area contributed by atoms with Crippen molar-refractivity contribution >= 4 is 41.4 Å². The van der Waals surface area contributed by atoms with E-state index in [-0.39, 0.29) is 14.7 Å². The Balaban J connectivity index is 1.89. The molecular weight excluding hydrogens is 420 g/mol. The maximum Gasteiger partial charge on any atom is 0.308 e. The number of fused-ring (bicyclic) bond motifs is 1. The van der Waals surface area contributed by atoms with Crippen LogP contribution in [0.25, 0.3) is 10.2 Å². The molecule has 0 fully saturated rings. The fourth-order valence-electron chi connectivity index (χ4n) is 2.89. The largest absolute Gasteiger partial charge is 0.308 e. The minimum absolute atomic E-state index is 0.0732. The van der Waals surface area contributed by atoms with Crippen LogP contribution >= 0.6 is 11.3 Å². The highest BCUT2D eigenvalue weighted by molar-refractivity contribution is 7.90. The number of hydrogen-bond donors (Lipinski definition) is 1. The van der Waals surface area contributed by atoms with Gasteiger partial charge < -0.3 is 0 Å². The van der Waals surface area contributed by atoms with Crippen molar-refractivity contribution < 1.29 is 16.8 Å². The van der Waals surface area contributed by atoms with Gasteiger partial charge in [-0.05, 0) is 49.7 Å². The average molecular weight is 441 g/mol. The highest BCUT2D eigenvalue weighted by atomic mass is 32.2.